The van der Waals surface area contributed by atoms with Crippen LogP contribution in [0.15, 0.2) is 42.9 Å². The number of fused-ring (bicyclic) bond motifs is 1. The molecule has 1 saturated heterocycles. The zero-order valence-electron chi connectivity index (χ0n) is 15.7. The predicted octanol–water partition coefficient (Wildman–Crippen LogP) is 2.40. The third-order valence-corrected chi connectivity index (χ3v) is 6.87. The van der Waals surface area contributed by atoms with Crippen molar-refractivity contribution >= 4 is 27.9 Å². The first-order valence-electron chi connectivity index (χ1n) is 9.51. The lowest BCUT2D eigenvalue weighted by Gasteiger charge is -2.45. The molecule has 0 amide bonds. The van der Waals surface area contributed by atoms with E-state index in [-0.39, 0.29) is 5.54 Å². The van der Waals surface area contributed by atoms with Gasteiger partial charge in [0.25, 0.3) is 0 Å². The Hall–Kier alpha value is -2.80. The quantitative estimate of drug-likeness (QED) is 0.638. The Kier molecular flexibility index (Phi) is 4.35. The van der Waals surface area contributed by atoms with Gasteiger partial charge >= 0.3 is 0 Å². The highest BCUT2D eigenvalue weighted by Crippen LogP contribution is 2.49. The van der Waals surface area contributed by atoms with Crippen LogP contribution in [0, 0.1) is 11.3 Å². The van der Waals surface area contributed by atoms with Crippen molar-refractivity contribution in [2.24, 2.45) is 0 Å². The summed E-state index contributed by atoms with van der Waals surface area (Å²) >= 11 is -2.04. The lowest BCUT2D eigenvalue weighted by atomic mass is 10.1. The summed E-state index contributed by atoms with van der Waals surface area (Å²) in [7, 11) is 0. The van der Waals surface area contributed by atoms with Gasteiger partial charge in [0.05, 0.1) is 17.0 Å². The number of aromatic nitrogens is 3. The van der Waals surface area contributed by atoms with Gasteiger partial charge in [0.2, 0.25) is 0 Å². The number of rotatable bonds is 4. The number of benzene rings is 1. The Labute approximate surface area is 170 Å². The van der Waals surface area contributed by atoms with Gasteiger partial charge < -0.3 is 14.4 Å². The molecule has 1 aromatic carbocycles. The molecule has 2 atom stereocenters. The Morgan fingerprint density at radius 2 is 2.00 bits per heavy atom. The summed E-state index contributed by atoms with van der Waals surface area (Å²) in [4.78, 5) is 16.3. The summed E-state index contributed by atoms with van der Waals surface area (Å²) in [6, 6.07) is 11.1. The van der Waals surface area contributed by atoms with Crippen molar-refractivity contribution in [2.45, 2.75) is 23.8 Å². The third-order valence-electron chi connectivity index (χ3n) is 5.96. The van der Waals surface area contributed by atoms with Crippen LogP contribution in [0.5, 0.6) is 0 Å². The highest BCUT2D eigenvalue weighted by atomic mass is 32.2. The Bertz CT molecular complexity index is 1120. The average molecular weight is 408 g/mol. The molecule has 3 heterocycles. The number of aromatic amines is 1. The molecule has 0 bridgehead atoms. The van der Waals surface area contributed by atoms with Crippen LogP contribution in [-0.4, -0.2) is 53.8 Å². The van der Waals surface area contributed by atoms with Gasteiger partial charge in [-0.3, -0.25) is 4.90 Å². The molecule has 1 aliphatic heterocycles. The van der Waals surface area contributed by atoms with Gasteiger partial charge in [0, 0.05) is 31.4 Å². The number of H-pyrrole nitrogens is 1. The van der Waals surface area contributed by atoms with E-state index in [1.165, 1.54) is 0 Å². The maximum atomic E-state index is 12.3. The molecule has 3 aromatic rings. The fourth-order valence-corrected chi connectivity index (χ4v) is 5.30. The summed E-state index contributed by atoms with van der Waals surface area (Å²) < 4.78 is 22.5. The van der Waals surface area contributed by atoms with E-state index in [4.69, 9.17) is 5.26 Å². The van der Waals surface area contributed by atoms with E-state index < -0.39 is 16.5 Å². The van der Waals surface area contributed by atoms with Crippen LogP contribution in [0.4, 0.5) is 5.82 Å². The van der Waals surface area contributed by atoms with Gasteiger partial charge in [-0.2, -0.15) is 5.26 Å². The van der Waals surface area contributed by atoms with E-state index in [0.717, 1.165) is 41.8 Å². The van der Waals surface area contributed by atoms with Gasteiger partial charge in [-0.05, 0) is 36.6 Å². The normalized spacial score (nSPS) is 20.5. The summed E-state index contributed by atoms with van der Waals surface area (Å²) in [6.45, 7) is 2.13. The SMILES string of the molecule is N#Cc1ccc(C(N2CCN(c3ncnc4[nH]ccc34)CC23CC3)S(=O)O)cc1. The Morgan fingerprint density at radius 3 is 2.69 bits per heavy atom. The number of piperazine rings is 1. The van der Waals surface area contributed by atoms with Crippen LogP contribution in [-0.2, 0) is 11.1 Å². The molecule has 8 nitrogen and oxygen atoms in total. The second kappa shape index (κ2) is 6.91. The smallest absolute Gasteiger partial charge is 0.175 e. The zero-order chi connectivity index (χ0) is 20.0. The molecule has 2 N–H and O–H groups in total. The molecule has 9 heteroatoms. The van der Waals surface area contributed by atoms with Crippen LogP contribution < -0.4 is 4.90 Å². The van der Waals surface area contributed by atoms with E-state index in [0.29, 0.717) is 18.7 Å². The Morgan fingerprint density at radius 1 is 1.21 bits per heavy atom. The molecule has 2 aromatic heterocycles. The van der Waals surface area contributed by atoms with E-state index in [9.17, 15) is 8.76 Å². The standard InChI is InChI=1S/C20H20N6O2S/c21-11-14-1-3-15(4-2-14)19(29(27)28)26-10-9-25(12-20(26)6-7-20)18-16-5-8-22-17(16)23-13-24-18/h1-5,8,13,19H,6-7,9-10,12H2,(H,27,28)(H,22,23,24). The molecule has 2 fully saturated rings. The molecule has 29 heavy (non-hydrogen) atoms. The summed E-state index contributed by atoms with van der Waals surface area (Å²) in [5.41, 5.74) is 1.98. The fraction of sp³-hybridized carbons (Fsp3) is 0.350. The van der Waals surface area contributed by atoms with Crippen LogP contribution >= 0.6 is 0 Å². The number of nitriles is 1. The first kappa shape index (κ1) is 18.2. The molecular weight excluding hydrogens is 388 g/mol. The van der Waals surface area contributed by atoms with Crippen molar-refractivity contribution in [2.75, 3.05) is 24.5 Å². The number of hydrogen-bond acceptors (Lipinski definition) is 6. The van der Waals surface area contributed by atoms with Crippen molar-refractivity contribution in [1.82, 2.24) is 19.9 Å². The molecule has 1 spiro atoms. The summed E-state index contributed by atoms with van der Waals surface area (Å²) in [5, 5.41) is 9.41. The molecular formula is C20H20N6O2S. The summed E-state index contributed by atoms with van der Waals surface area (Å²) in [6.07, 6.45) is 5.40. The Balaban J connectivity index is 1.45. The summed E-state index contributed by atoms with van der Waals surface area (Å²) in [5.74, 6) is 0.905. The maximum Gasteiger partial charge on any atom is 0.175 e. The van der Waals surface area contributed by atoms with Crippen LogP contribution in [0.3, 0.4) is 0 Å². The highest BCUT2D eigenvalue weighted by molar-refractivity contribution is 7.79. The van der Waals surface area contributed by atoms with Gasteiger partial charge in [0.1, 0.15) is 23.2 Å². The van der Waals surface area contributed by atoms with Crippen LogP contribution in [0.25, 0.3) is 11.0 Å². The number of nitrogens with one attached hydrogen (secondary N) is 1. The minimum Gasteiger partial charge on any atom is -0.353 e. The van der Waals surface area contributed by atoms with Gasteiger partial charge in [-0.1, -0.05) is 12.1 Å². The van der Waals surface area contributed by atoms with E-state index in [1.807, 2.05) is 12.3 Å². The van der Waals surface area contributed by atoms with Gasteiger partial charge in [0.15, 0.2) is 11.1 Å². The van der Waals surface area contributed by atoms with E-state index in [2.05, 4.69) is 30.8 Å². The molecule has 2 unspecified atom stereocenters. The predicted molar refractivity (Wildman–Crippen MR) is 109 cm³/mol. The van der Waals surface area contributed by atoms with Crippen LogP contribution in [0.1, 0.15) is 29.3 Å². The van der Waals surface area contributed by atoms with Crippen molar-refractivity contribution < 1.29 is 8.76 Å². The first-order chi connectivity index (χ1) is 14.1. The minimum absolute atomic E-state index is 0.136. The van der Waals surface area contributed by atoms with Gasteiger partial charge in [-0.15, -0.1) is 0 Å². The topological polar surface area (TPSA) is 109 Å². The van der Waals surface area contributed by atoms with Crippen molar-refractivity contribution in [3.8, 4) is 6.07 Å². The lowest BCUT2D eigenvalue weighted by Crippen LogP contribution is -2.56. The molecule has 2 aliphatic rings. The van der Waals surface area contributed by atoms with Crippen LogP contribution in [0.2, 0.25) is 0 Å². The largest absolute Gasteiger partial charge is 0.353 e. The highest BCUT2D eigenvalue weighted by Gasteiger charge is 2.55. The lowest BCUT2D eigenvalue weighted by molar-refractivity contribution is 0.137. The first-order valence-corrected chi connectivity index (χ1v) is 10.7. The second-order valence-electron chi connectivity index (χ2n) is 7.64. The fourth-order valence-electron chi connectivity index (χ4n) is 4.37. The molecule has 1 saturated carbocycles. The minimum atomic E-state index is -2.04. The zero-order valence-corrected chi connectivity index (χ0v) is 16.5. The van der Waals surface area contributed by atoms with E-state index in [1.54, 1.807) is 30.6 Å². The van der Waals surface area contributed by atoms with Crippen molar-refractivity contribution in [3.63, 3.8) is 0 Å². The third kappa shape index (κ3) is 3.09. The van der Waals surface area contributed by atoms with Crippen molar-refractivity contribution in [3.05, 3.63) is 54.0 Å². The average Bonchev–Trinajstić information content (AvgIpc) is 3.32. The number of nitrogens with zero attached hydrogens (tertiary/aromatic N) is 5. The number of hydrogen-bond donors (Lipinski definition) is 2. The molecule has 1 aliphatic carbocycles. The second-order valence-corrected chi connectivity index (χ2v) is 8.64. The monoisotopic (exact) mass is 408 g/mol. The molecule has 0 radical (unpaired) electrons. The number of anilines is 1. The molecule has 148 valence electrons. The maximum absolute atomic E-state index is 12.3. The van der Waals surface area contributed by atoms with E-state index >= 15 is 0 Å². The van der Waals surface area contributed by atoms with Gasteiger partial charge in [-0.25, -0.2) is 14.2 Å². The molecule has 5 rings (SSSR count). The van der Waals surface area contributed by atoms with Crippen molar-refractivity contribution in [1.29, 1.82) is 5.26 Å².